The van der Waals surface area contributed by atoms with Crippen molar-refractivity contribution in [1.82, 2.24) is 0 Å². The molecule has 2 saturated heterocycles. The Hall–Kier alpha value is -3.21. The highest BCUT2D eigenvalue weighted by molar-refractivity contribution is 5.89. The summed E-state index contributed by atoms with van der Waals surface area (Å²) in [6.45, 7) is 12.7. The first kappa shape index (κ1) is 30.7. The minimum atomic E-state index is -1.43. The van der Waals surface area contributed by atoms with E-state index in [1.165, 1.54) is 20.8 Å². The summed E-state index contributed by atoms with van der Waals surface area (Å²) >= 11 is 0. The van der Waals surface area contributed by atoms with Crippen LogP contribution >= 0.6 is 0 Å². The lowest BCUT2D eigenvalue weighted by atomic mass is 9.53. The quantitative estimate of drug-likeness (QED) is 0.261. The van der Waals surface area contributed by atoms with E-state index in [1.54, 1.807) is 39.0 Å². The molecule has 2 aliphatic heterocycles. The Balaban J connectivity index is 2.00. The zero-order chi connectivity index (χ0) is 30.5. The van der Waals surface area contributed by atoms with Crippen LogP contribution in [0, 0.1) is 17.3 Å². The fourth-order valence-electron chi connectivity index (χ4n) is 7.13. The van der Waals surface area contributed by atoms with E-state index in [9.17, 15) is 24.0 Å². The zero-order valence-corrected chi connectivity index (χ0v) is 24.9. The van der Waals surface area contributed by atoms with Crippen LogP contribution in [0.25, 0.3) is 0 Å². The first-order valence-corrected chi connectivity index (χ1v) is 14.1. The van der Waals surface area contributed by atoms with Gasteiger partial charge in [-0.15, -0.1) is 0 Å². The molecule has 2 heterocycles. The van der Waals surface area contributed by atoms with Gasteiger partial charge in [-0.05, 0) is 32.4 Å². The number of epoxide rings is 1. The number of carbonyl (C=O) groups excluding carboxylic acids is 5. The van der Waals surface area contributed by atoms with Crippen LogP contribution in [0.4, 0.5) is 0 Å². The molecule has 1 saturated carbocycles. The van der Waals surface area contributed by atoms with E-state index in [2.05, 4.69) is 0 Å². The zero-order valence-electron chi connectivity index (χ0n) is 24.9. The number of allylic oxidation sites excluding steroid dienone is 2. The van der Waals surface area contributed by atoms with E-state index < -0.39 is 88.8 Å². The fraction of sp³-hybridized carbons (Fsp3) is 0.700. The van der Waals surface area contributed by atoms with Gasteiger partial charge in [0, 0.05) is 45.4 Å². The Morgan fingerprint density at radius 3 is 2.20 bits per heavy atom. The third-order valence-corrected chi connectivity index (χ3v) is 9.08. The normalized spacial score (nSPS) is 43.0. The molecular formula is C30H40O11. The highest BCUT2D eigenvalue weighted by atomic mass is 16.7. The summed E-state index contributed by atoms with van der Waals surface area (Å²) in [5, 5.41) is 0. The molecule has 1 spiro atoms. The SMILES string of the molecule is CCCC(=O)OC1CC(OC(C)=O)[C@]2(C)C(OC(C)=O)/C=C/C(C)=C\C3OC(=O)[C@@]4(C)OC34C(OC(C)=O)C2[C@H]1C. The Labute approximate surface area is 239 Å². The van der Waals surface area contributed by atoms with E-state index in [1.807, 2.05) is 13.8 Å². The topological polar surface area (TPSA) is 144 Å². The summed E-state index contributed by atoms with van der Waals surface area (Å²) in [5.41, 5.74) is -3.42. The van der Waals surface area contributed by atoms with Crippen LogP contribution in [-0.4, -0.2) is 71.6 Å². The minimum absolute atomic E-state index is 0.112. The molecule has 226 valence electrons. The molecule has 41 heavy (non-hydrogen) atoms. The van der Waals surface area contributed by atoms with Crippen LogP contribution < -0.4 is 0 Å². The van der Waals surface area contributed by atoms with Crippen molar-refractivity contribution in [3.8, 4) is 0 Å². The predicted octanol–water partition coefficient (Wildman–Crippen LogP) is 3.12. The van der Waals surface area contributed by atoms with Gasteiger partial charge in [-0.2, -0.15) is 0 Å². The van der Waals surface area contributed by atoms with Crippen molar-refractivity contribution < 1.29 is 52.4 Å². The molecule has 4 aliphatic rings. The molecule has 2 aliphatic carbocycles. The molecular weight excluding hydrogens is 536 g/mol. The van der Waals surface area contributed by atoms with Gasteiger partial charge in [0.05, 0.1) is 5.41 Å². The molecule has 0 N–H and O–H groups in total. The van der Waals surface area contributed by atoms with Crippen LogP contribution in [-0.2, 0) is 52.4 Å². The maximum Gasteiger partial charge on any atom is 0.342 e. The smallest absolute Gasteiger partial charge is 0.342 e. The summed E-state index contributed by atoms with van der Waals surface area (Å²) in [5.74, 6) is -4.17. The highest BCUT2D eigenvalue weighted by Gasteiger charge is 2.87. The lowest BCUT2D eigenvalue weighted by molar-refractivity contribution is -0.228. The van der Waals surface area contributed by atoms with Crippen LogP contribution in [0.15, 0.2) is 23.8 Å². The molecule has 11 nitrogen and oxygen atoms in total. The van der Waals surface area contributed by atoms with E-state index in [0.29, 0.717) is 12.0 Å². The molecule has 0 amide bonds. The first-order chi connectivity index (χ1) is 19.1. The summed E-state index contributed by atoms with van der Waals surface area (Å²) in [6.07, 6.45) is 1.29. The molecule has 0 aromatic rings. The summed E-state index contributed by atoms with van der Waals surface area (Å²) in [6, 6.07) is 0. The van der Waals surface area contributed by atoms with E-state index in [0.717, 1.165) is 0 Å². The van der Waals surface area contributed by atoms with Crippen molar-refractivity contribution in [2.45, 2.75) is 116 Å². The fourth-order valence-corrected chi connectivity index (χ4v) is 7.13. The van der Waals surface area contributed by atoms with Crippen molar-refractivity contribution in [2.75, 3.05) is 0 Å². The monoisotopic (exact) mass is 576 g/mol. The number of ether oxygens (including phenoxy) is 6. The van der Waals surface area contributed by atoms with Gasteiger partial charge in [-0.25, -0.2) is 4.79 Å². The predicted molar refractivity (Wildman–Crippen MR) is 142 cm³/mol. The van der Waals surface area contributed by atoms with Crippen LogP contribution in [0.3, 0.4) is 0 Å². The van der Waals surface area contributed by atoms with Gasteiger partial charge in [0.25, 0.3) is 0 Å². The minimum Gasteiger partial charge on any atom is -0.462 e. The van der Waals surface area contributed by atoms with E-state index in [-0.39, 0.29) is 12.8 Å². The molecule has 7 unspecified atom stereocenters. The number of hydrogen-bond donors (Lipinski definition) is 0. The molecule has 11 heteroatoms. The maximum absolute atomic E-state index is 13.1. The second kappa shape index (κ2) is 10.9. The van der Waals surface area contributed by atoms with E-state index >= 15 is 0 Å². The van der Waals surface area contributed by atoms with Crippen molar-refractivity contribution in [2.24, 2.45) is 17.3 Å². The standard InChI is InChI=1S/C30H40O11/c1-9-10-24(34)39-20-14-22(37-18(5)32)28(7)21(36-17(4)31)12-11-15(2)13-23-30(29(8,41-30)27(35)40-23)26(38-19(6)33)25(28)16(20)3/h11-13,16,20-23,25-26H,9-10,14H2,1-8H3/b12-11+,15-13-/t16-,20?,21?,22?,23?,25?,26?,28-,29+,30?/m0/s1. The summed E-state index contributed by atoms with van der Waals surface area (Å²) in [4.78, 5) is 63.5. The lowest BCUT2D eigenvalue weighted by Crippen LogP contribution is -2.66. The number of hydrogen-bond acceptors (Lipinski definition) is 11. The Bertz CT molecular complexity index is 1190. The molecule has 0 aromatic heterocycles. The largest absolute Gasteiger partial charge is 0.462 e. The number of fused-ring (bicyclic) bond motifs is 1. The van der Waals surface area contributed by atoms with Crippen LogP contribution in [0.2, 0.25) is 0 Å². The highest BCUT2D eigenvalue weighted by Crippen LogP contribution is 2.65. The molecule has 0 radical (unpaired) electrons. The van der Waals surface area contributed by atoms with Crippen LogP contribution in [0.1, 0.15) is 74.7 Å². The average molecular weight is 577 g/mol. The van der Waals surface area contributed by atoms with Gasteiger partial charge in [0.1, 0.15) is 24.4 Å². The van der Waals surface area contributed by atoms with Crippen LogP contribution in [0.5, 0.6) is 0 Å². The Morgan fingerprint density at radius 2 is 1.63 bits per heavy atom. The molecule has 10 atom stereocenters. The second-order valence-electron chi connectivity index (χ2n) is 11.9. The Morgan fingerprint density at radius 1 is 1.00 bits per heavy atom. The third-order valence-electron chi connectivity index (χ3n) is 9.08. The van der Waals surface area contributed by atoms with Crippen molar-refractivity contribution >= 4 is 29.8 Å². The molecule has 3 fully saturated rings. The summed E-state index contributed by atoms with van der Waals surface area (Å²) in [7, 11) is 0. The van der Waals surface area contributed by atoms with Gasteiger partial charge in [-0.1, -0.05) is 32.4 Å². The van der Waals surface area contributed by atoms with Crippen molar-refractivity contribution in [1.29, 1.82) is 0 Å². The van der Waals surface area contributed by atoms with Gasteiger partial charge >= 0.3 is 29.8 Å². The Kier molecular flexibility index (Phi) is 8.16. The average Bonchev–Trinajstić information content (AvgIpc) is 3.44. The van der Waals surface area contributed by atoms with Gasteiger partial charge in [0.2, 0.25) is 0 Å². The second-order valence-corrected chi connectivity index (χ2v) is 11.9. The number of rotatable bonds is 6. The van der Waals surface area contributed by atoms with E-state index in [4.69, 9.17) is 28.4 Å². The van der Waals surface area contributed by atoms with Crippen molar-refractivity contribution in [3.05, 3.63) is 23.8 Å². The molecule has 0 bridgehead atoms. The lowest BCUT2D eigenvalue weighted by Gasteiger charge is -2.56. The first-order valence-electron chi connectivity index (χ1n) is 14.1. The summed E-state index contributed by atoms with van der Waals surface area (Å²) < 4.78 is 35.8. The third kappa shape index (κ3) is 5.06. The number of carbonyl (C=O) groups is 5. The molecule has 0 aromatic carbocycles. The number of esters is 5. The van der Waals surface area contributed by atoms with Gasteiger partial charge < -0.3 is 28.4 Å². The van der Waals surface area contributed by atoms with Gasteiger partial charge in [-0.3, -0.25) is 19.2 Å². The van der Waals surface area contributed by atoms with Gasteiger partial charge in [0.15, 0.2) is 17.3 Å². The molecule has 4 rings (SSSR count). The van der Waals surface area contributed by atoms with Crippen molar-refractivity contribution in [3.63, 3.8) is 0 Å². The maximum atomic E-state index is 13.1.